The molecule has 4 saturated carbocycles. The summed E-state index contributed by atoms with van der Waals surface area (Å²) < 4.78 is 36.1. The van der Waals surface area contributed by atoms with Crippen LogP contribution >= 0.6 is 0 Å². The van der Waals surface area contributed by atoms with Crippen LogP contribution in [0.5, 0.6) is 23.0 Å². The Kier molecular flexibility index (Phi) is 25.5. The second-order valence-corrected chi connectivity index (χ2v) is 34.0. The van der Waals surface area contributed by atoms with Crippen LogP contribution in [0.4, 0.5) is 17.1 Å². The number of fused-ring (bicyclic) bond motifs is 12. The normalized spacial score (nSPS) is 28.5. The van der Waals surface area contributed by atoms with Crippen LogP contribution in [0, 0.1) is 95.6 Å². The summed E-state index contributed by atoms with van der Waals surface area (Å²) in [7, 11) is 5.66. The van der Waals surface area contributed by atoms with Gasteiger partial charge in [0.2, 0.25) is 23.0 Å². The standard InChI is InChI=1S/C27H22N4O4.C26H19N3O5.C26H22N2O5.C25H17N3O5.Li.H2O/c1-29-19-13-20-23(30-15-19)26(34)24(32)21(25(33)31(2)3)22(17-7-5-4-6-8-17)27(26,35-20)18-11-9-16(14-28)10-12-18;1-28-18-12-19-22(29-14-18)25(32)23(30)20(24(31)33-2)21(16-6-4-3-5-7-16)26(25,34-19)17-10-8-15(13-27)9-11-17;1-15-12-19-22(28-14-15)25(31)23(29)20(24(30)32-2)21(17-6-4-3-5-7-17)26(25,33-19)18-10-8-16(13-27)9-11-18;1-27-17-11-18-21(28-13-17)24(32)22(29)19(23(30)31)20(15-5-3-2-4-6-15)25(24,33-18)16-9-7-14(12-26)8-10-16;;/h4-13,15,21-22,24,32,34H,2-3H3;3-12,14,20-21,23,30,32H,2H3;3-12,14,20-21,23,29,31H,1-2H3;2-11,13,19-20,22,29,32H,(H,30,31);;1H2/q;;;;+1;/p-1/t21-,22-,24-,26+,27+;2*20-,21-,23-,25+,26+;19-,20-,22-,24+,25+;;/m1111../s1. The molecule has 20 atom stereocenters. The van der Waals surface area contributed by atoms with Crippen LogP contribution in [0.15, 0.2) is 267 Å². The van der Waals surface area contributed by atoms with E-state index in [0.29, 0.717) is 72.5 Å². The second-order valence-electron chi connectivity index (χ2n) is 34.0. The van der Waals surface area contributed by atoms with Gasteiger partial charge in [0.25, 0.3) is 0 Å². The molecule has 0 radical (unpaired) electrons. The predicted octanol–water partition coefficient (Wildman–Crippen LogP) is 8.12. The van der Waals surface area contributed by atoms with Gasteiger partial charge < -0.3 is 84.8 Å². The largest absolute Gasteiger partial charge is 1.00 e. The van der Waals surface area contributed by atoms with E-state index < -0.39 is 134 Å². The van der Waals surface area contributed by atoms with Crippen LogP contribution < -0.4 is 37.8 Å². The Morgan fingerprint density at radius 2 is 0.613 bits per heavy atom. The van der Waals surface area contributed by atoms with E-state index in [0.717, 1.165) is 5.56 Å². The van der Waals surface area contributed by atoms with E-state index in [1.807, 2.05) is 79.7 Å². The smallest absolute Gasteiger partial charge is 0.870 e. The summed E-state index contributed by atoms with van der Waals surface area (Å²) in [5.74, 6) is -10.6. The van der Waals surface area contributed by atoms with Gasteiger partial charge in [-0.2, -0.15) is 21.0 Å². The number of amides is 1. The number of aromatic nitrogens is 4. The molecule has 8 aliphatic rings. The number of nitriles is 4. The Morgan fingerprint density at radius 3 is 0.854 bits per heavy atom. The molecule has 4 aliphatic carbocycles. The molecule has 33 heteroatoms. The number of pyridine rings is 4. The first-order valence-corrected chi connectivity index (χ1v) is 42.3. The molecule has 0 unspecified atom stereocenters. The number of hydrogen-bond donors (Lipinski definition) is 9. The molecule has 1 amide bonds. The van der Waals surface area contributed by atoms with Crippen LogP contribution in [0.3, 0.4) is 0 Å². The number of carbonyl (C=O) groups excluding carboxylic acids is 3. The molecule has 0 saturated heterocycles. The number of nitrogens with zero attached hydrogens (tertiary/aromatic N) is 12. The van der Waals surface area contributed by atoms with Crippen molar-refractivity contribution in [2.45, 2.75) is 99.8 Å². The summed E-state index contributed by atoms with van der Waals surface area (Å²) >= 11 is 0. The number of benzene rings is 8. The molecule has 20 rings (SSSR count). The molecule has 137 heavy (non-hydrogen) atoms. The van der Waals surface area contributed by atoms with E-state index in [4.69, 9.17) is 48.1 Å². The molecule has 4 fully saturated rings. The minimum absolute atomic E-state index is 0. The molecule has 12 aromatic rings. The molecular formula is C104H81LiN12O20. The van der Waals surface area contributed by atoms with Gasteiger partial charge in [0, 0.05) is 62.6 Å². The summed E-state index contributed by atoms with van der Waals surface area (Å²) in [6.45, 7) is 23.8. The van der Waals surface area contributed by atoms with Gasteiger partial charge in [-0.05, 0) is 130 Å². The zero-order chi connectivity index (χ0) is 95.8. The van der Waals surface area contributed by atoms with Gasteiger partial charge in [-0.3, -0.25) is 39.1 Å². The van der Waals surface area contributed by atoms with Crippen LogP contribution in [0.1, 0.15) is 119 Å². The SMILES string of the molecule is COC(=O)[C@H]1[C@@H](O)[C@@]2(O)c3ncc(C)cc3O[C@@]2(c2ccc(C#N)cc2)[C@@H]1c1ccccc1.[C-]#[N+]c1cnc2c(c1)O[C@@]1(c3ccc(C#N)cc3)[C@H](c3ccccc3)[C@@H](C(=O)N(C)C)[C@@H](O)[C@@]21O.[C-]#[N+]c1cnc2c(c1)O[C@@]1(c3ccc(C#N)cc3)[C@H](c3ccccc3)[C@@H](C(=O)O)[C@@H](O)[C@@]21O.[C-]#[N+]c1cnc2c(c1)O[C@@]1(c3ccc(C#N)cc3)[C@H](c3ccccc3)[C@@H](C(=O)OC)[C@@H](O)[C@@]21O.[Li+].[OH-]. The average Bonchev–Trinajstić information content (AvgIpc) is 1.52. The molecule has 32 nitrogen and oxygen atoms in total. The Morgan fingerprint density at radius 1 is 0.380 bits per heavy atom. The average molecular weight is 1830 g/mol. The number of carboxylic acid groups (broad SMARTS) is 1. The zero-order valence-corrected chi connectivity index (χ0v) is 73.8. The number of methoxy groups -OCH3 is 2. The molecule has 0 bridgehead atoms. The number of rotatable bonds is 12. The molecule has 8 heterocycles. The van der Waals surface area contributed by atoms with Crippen molar-refractivity contribution < 1.29 is 118 Å². The van der Waals surface area contributed by atoms with Gasteiger partial charge in [0.05, 0.1) is 104 Å². The molecule has 678 valence electrons. The number of carbonyl (C=O) groups is 4. The number of aliphatic hydroxyl groups is 8. The third kappa shape index (κ3) is 14.0. The van der Waals surface area contributed by atoms with Crippen molar-refractivity contribution in [1.82, 2.24) is 24.8 Å². The van der Waals surface area contributed by atoms with Gasteiger partial charge in [-0.1, -0.05) is 170 Å². The van der Waals surface area contributed by atoms with E-state index in [2.05, 4.69) is 52.7 Å². The number of carboxylic acids is 1. The zero-order valence-electron chi connectivity index (χ0n) is 73.8. The number of aryl methyl sites for hydroxylation is 1. The van der Waals surface area contributed by atoms with Gasteiger partial charge in [0.1, 0.15) is 70.2 Å². The Balaban J connectivity index is 0.000000138. The first kappa shape index (κ1) is 95.7. The molecule has 0 spiro atoms. The van der Waals surface area contributed by atoms with Crippen LogP contribution in [0.25, 0.3) is 14.5 Å². The summed E-state index contributed by atoms with van der Waals surface area (Å²) in [5.41, 5.74) is -7.67. The third-order valence-electron chi connectivity index (χ3n) is 27.3. The fourth-order valence-electron chi connectivity index (χ4n) is 21.7. The number of hydrogen-bond acceptors (Lipinski definition) is 27. The van der Waals surface area contributed by atoms with E-state index in [9.17, 15) is 86.2 Å². The maximum absolute atomic E-state index is 13.5. The Bertz CT molecular complexity index is 7060. The van der Waals surface area contributed by atoms with Crippen molar-refractivity contribution in [2.24, 2.45) is 23.7 Å². The van der Waals surface area contributed by atoms with Crippen molar-refractivity contribution in [3.8, 4) is 47.3 Å². The number of aliphatic hydroxyl groups excluding tert-OH is 4. The predicted molar refractivity (Wildman–Crippen MR) is 477 cm³/mol. The Labute approximate surface area is 795 Å². The summed E-state index contributed by atoms with van der Waals surface area (Å²) in [6.07, 6.45) is -1.12. The van der Waals surface area contributed by atoms with Crippen molar-refractivity contribution >= 4 is 40.9 Å². The number of ether oxygens (including phenoxy) is 6. The number of aliphatic carboxylic acids is 1. The molecular weight excluding hydrogens is 1740 g/mol. The van der Waals surface area contributed by atoms with Crippen molar-refractivity contribution in [3.05, 3.63) is 397 Å². The fourth-order valence-corrected chi connectivity index (χ4v) is 21.7. The third-order valence-corrected chi connectivity index (χ3v) is 27.3. The second kappa shape index (κ2) is 36.5. The quantitative estimate of drug-likeness (QED) is 0.0316. The summed E-state index contributed by atoms with van der Waals surface area (Å²) in [6, 6.07) is 76.1. The van der Waals surface area contributed by atoms with E-state index >= 15 is 0 Å². The molecule has 4 aromatic heterocycles. The topological polar surface area (TPSA) is 499 Å². The summed E-state index contributed by atoms with van der Waals surface area (Å²) in [5, 5.41) is 143. The molecule has 10 N–H and O–H groups in total. The van der Waals surface area contributed by atoms with E-state index in [-0.39, 0.29) is 87.3 Å². The minimum Gasteiger partial charge on any atom is -0.870 e. The maximum Gasteiger partial charge on any atom is 1.00 e. The van der Waals surface area contributed by atoms with Gasteiger partial charge in [-0.25, -0.2) is 14.5 Å². The van der Waals surface area contributed by atoms with Gasteiger partial charge in [-0.15, -0.1) is 0 Å². The minimum atomic E-state index is -2.24. The maximum atomic E-state index is 13.5. The number of esters is 2. The van der Waals surface area contributed by atoms with Crippen LogP contribution in [-0.2, 0) is 73.5 Å². The van der Waals surface area contributed by atoms with E-state index in [1.165, 1.54) is 68.0 Å². The first-order valence-electron chi connectivity index (χ1n) is 42.3. The van der Waals surface area contributed by atoms with Gasteiger partial charge >= 0.3 is 36.8 Å². The van der Waals surface area contributed by atoms with E-state index in [1.54, 1.807) is 166 Å². The monoisotopic (exact) mass is 1820 g/mol. The fraction of sp³-hybridized carbons (Fsp3) is 0.240. The Hall–Kier alpha value is -15.9. The first-order chi connectivity index (χ1) is 65.0. The van der Waals surface area contributed by atoms with Crippen LogP contribution in [0.2, 0.25) is 0 Å². The molecule has 4 aliphatic heterocycles. The van der Waals surface area contributed by atoms with Crippen LogP contribution in [-0.4, -0.2) is 153 Å². The molecule has 8 aromatic carbocycles. The van der Waals surface area contributed by atoms with Crippen molar-refractivity contribution in [2.75, 3.05) is 28.3 Å². The van der Waals surface area contributed by atoms with Gasteiger partial charge in [0.15, 0.2) is 44.8 Å². The van der Waals surface area contributed by atoms with Crippen molar-refractivity contribution in [3.63, 3.8) is 0 Å². The van der Waals surface area contributed by atoms with Crippen molar-refractivity contribution in [1.29, 1.82) is 21.0 Å². The summed E-state index contributed by atoms with van der Waals surface area (Å²) in [4.78, 5) is 80.8.